The molecule has 1 aliphatic carbocycles. The van der Waals surface area contributed by atoms with Crippen molar-refractivity contribution in [3.05, 3.63) is 39.4 Å². The van der Waals surface area contributed by atoms with E-state index in [0.29, 0.717) is 46.8 Å². The van der Waals surface area contributed by atoms with Gasteiger partial charge < -0.3 is 15.4 Å². The van der Waals surface area contributed by atoms with Gasteiger partial charge in [-0.25, -0.2) is 28.2 Å². The maximum Gasteiger partial charge on any atom is 0.407 e. The van der Waals surface area contributed by atoms with Crippen LogP contribution in [0.3, 0.4) is 0 Å². The van der Waals surface area contributed by atoms with E-state index in [-0.39, 0.29) is 22.5 Å². The van der Waals surface area contributed by atoms with Crippen molar-refractivity contribution < 1.29 is 17.9 Å². The average Bonchev–Trinajstić information content (AvgIpc) is 3.63. The van der Waals surface area contributed by atoms with Crippen LogP contribution in [0.15, 0.2) is 24.4 Å². The molecule has 3 N–H and O–H groups in total. The first-order chi connectivity index (χ1) is 18.1. The number of ether oxygens (including phenoxy) is 1. The van der Waals surface area contributed by atoms with E-state index < -0.39 is 16.1 Å². The minimum Gasteiger partial charge on any atom is -0.453 e. The predicted octanol–water partition coefficient (Wildman–Crippen LogP) is 5.76. The summed E-state index contributed by atoms with van der Waals surface area (Å²) < 4.78 is 32.1. The highest BCUT2D eigenvalue weighted by Gasteiger charge is 2.30. The van der Waals surface area contributed by atoms with Crippen molar-refractivity contribution in [1.82, 2.24) is 20.3 Å². The summed E-state index contributed by atoms with van der Waals surface area (Å²) in [5.74, 6) is 0.708. The fourth-order valence-electron chi connectivity index (χ4n) is 3.65. The van der Waals surface area contributed by atoms with Crippen LogP contribution in [0.1, 0.15) is 44.0 Å². The molecule has 3 aromatic rings. The standard InChI is InChI=1S/C24H28Cl2N6O4S2/c1-4-9-38(34,35)32-18-11-15(25)10-16(19(18)26)20-21(37-22(31-20)14-5-6-14)17-7-8-27-23(30-17)28-12-13(2)29-24(33)36-3/h7-8,10-11,13-14,32H,4-6,9,12H2,1-3H3,(H,29,33)(H,27,28,30). The van der Waals surface area contributed by atoms with E-state index in [0.717, 1.165) is 22.7 Å². The van der Waals surface area contributed by atoms with E-state index in [1.54, 1.807) is 25.3 Å². The molecule has 10 nitrogen and oxygen atoms in total. The van der Waals surface area contributed by atoms with Crippen molar-refractivity contribution in [2.75, 3.05) is 29.4 Å². The van der Waals surface area contributed by atoms with Gasteiger partial charge in [-0.15, -0.1) is 11.3 Å². The summed E-state index contributed by atoms with van der Waals surface area (Å²) in [5.41, 5.74) is 1.91. The first-order valence-corrected chi connectivity index (χ1v) is 15.2. The Morgan fingerprint density at radius 3 is 2.71 bits per heavy atom. The first kappa shape index (κ1) is 28.3. The SMILES string of the molecule is CCCS(=O)(=O)Nc1cc(Cl)cc(-c2nc(C3CC3)sc2-c2ccnc(NCC(C)NC(=O)OC)n2)c1Cl. The zero-order valence-electron chi connectivity index (χ0n) is 21.0. The molecule has 14 heteroatoms. The van der Waals surface area contributed by atoms with Gasteiger partial charge in [0, 0.05) is 35.3 Å². The number of hydrogen-bond donors (Lipinski definition) is 3. The summed E-state index contributed by atoms with van der Waals surface area (Å²) in [4.78, 5) is 26.1. The second-order valence-electron chi connectivity index (χ2n) is 8.92. The van der Waals surface area contributed by atoms with Gasteiger partial charge in [-0.2, -0.15) is 0 Å². The summed E-state index contributed by atoms with van der Waals surface area (Å²) in [5, 5.41) is 7.29. The van der Waals surface area contributed by atoms with Gasteiger partial charge >= 0.3 is 6.09 Å². The number of halogens is 2. The molecule has 0 aliphatic heterocycles. The van der Waals surface area contributed by atoms with E-state index in [9.17, 15) is 13.2 Å². The van der Waals surface area contributed by atoms with Gasteiger partial charge in [-0.3, -0.25) is 4.72 Å². The van der Waals surface area contributed by atoms with Crippen molar-refractivity contribution in [3.8, 4) is 21.8 Å². The minimum absolute atomic E-state index is 0.0383. The third kappa shape index (κ3) is 7.04. The number of alkyl carbamates (subject to hydrolysis) is 1. The number of nitrogens with zero attached hydrogens (tertiary/aromatic N) is 3. The second kappa shape index (κ2) is 12.0. The Morgan fingerprint density at radius 1 is 1.26 bits per heavy atom. The van der Waals surface area contributed by atoms with Crippen LogP contribution in [0.4, 0.5) is 16.4 Å². The fourth-order valence-corrected chi connectivity index (χ4v) is 6.52. The van der Waals surface area contributed by atoms with Gasteiger partial charge in [0.1, 0.15) is 0 Å². The van der Waals surface area contributed by atoms with Gasteiger partial charge in [-0.1, -0.05) is 30.1 Å². The lowest BCUT2D eigenvalue weighted by Crippen LogP contribution is -2.37. The molecule has 204 valence electrons. The zero-order chi connectivity index (χ0) is 27.4. The van der Waals surface area contributed by atoms with Crippen LogP contribution in [-0.2, 0) is 14.8 Å². The Labute approximate surface area is 235 Å². The molecule has 1 amide bonds. The minimum atomic E-state index is -3.59. The summed E-state index contributed by atoms with van der Waals surface area (Å²) in [7, 11) is -2.28. The molecular formula is C24H28Cl2N6O4S2. The largest absolute Gasteiger partial charge is 0.453 e. The third-order valence-electron chi connectivity index (χ3n) is 5.61. The number of rotatable bonds is 11. The zero-order valence-corrected chi connectivity index (χ0v) is 24.2. The quantitative estimate of drug-likeness (QED) is 0.253. The Bertz CT molecular complexity index is 1430. The van der Waals surface area contributed by atoms with Gasteiger partial charge in [-0.05, 0) is 44.4 Å². The molecule has 0 bridgehead atoms. The first-order valence-electron chi connectivity index (χ1n) is 12.0. The van der Waals surface area contributed by atoms with Crippen LogP contribution in [0, 0.1) is 0 Å². The number of carbonyl (C=O) groups excluding carboxylic acids is 1. The lowest BCUT2D eigenvalue weighted by molar-refractivity contribution is 0.168. The summed E-state index contributed by atoms with van der Waals surface area (Å²) in [6, 6.07) is 4.72. The molecule has 0 radical (unpaired) electrons. The van der Waals surface area contributed by atoms with E-state index in [4.69, 9.17) is 28.2 Å². The van der Waals surface area contributed by atoms with E-state index in [1.165, 1.54) is 24.5 Å². The highest BCUT2D eigenvalue weighted by atomic mass is 35.5. The molecule has 1 atom stereocenters. The van der Waals surface area contributed by atoms with E-state index in [2.05, 4.69) is 30.1 Å². The van der Waals surface area contributed by atoms with Crippen LogP contribution < -0.4 is 15.4 Å². The van der Waals surface area contributed by atoms with E-state index in [1.807, 2.05) is 6.92 Å². The number of amides is 1. The van der Waals surface area contributed by atoms with Gasteiger partial charge in [0.05, 0.1) is 44.8 Å². The van der Waals surface area contributed by atoms with Crippen molar-refractivity contribution in [3.63, 3.8) is 0 Å². The topological polar surface area (TPSA) is 135 Å². The molecule has 1 aliphatic rings. The Morgan fingerprint density at radius 2 is 2.03 bits per heavy atom. The van der Waals surface area contributed by atoms with Crippen LogP contribution >= 0.6 is 34.5 Å². The maximum atomic E-state index is 12.4. The third-order valence-corrected chi connectivity index (χ3v) is 8.95. The van der Waals surface area contributed by atoms with Crippen LogP contribution in [0.25, 0.3) is 21.8 Å². The molecule has 1 aromatic carbocycles. The molecule has 0 saturated heterocycles. The number of thiazole rings is 1. The number of nitrogens with one attached hydrogen (secondary N) is 3. The molecular weight excluding hydrogens is 571 g/mol. The van der Waals surface area contributed by atoms with Crippen LogP contribution in [0.2, 0.25) is 10.0 Å². The smallest absolute Gasteiger partial charge is 0.407 e. The molecule has 1 saturated carbocycles. The van der Waals surface area contributed by atoms with Gasteiger partial charge in [0.15, 0.2) is 0 Å². The molecule has 38 heavy (non-hydrogen) atoms. The van der Waals surface area contributed by atoms with Crippen LogP contribution in [-0.4, -0.2) is 54.9 Å². The fraction of sp³-hybridized carbons (Fsp3) is 0.417. The molecule has 1 unspecified atom stereocenters. The van der Waals surface area contributed by atoms with Crippen molar-refractivity contribution in [1.29, 1.82) is 0 Å². The van der Waals surface area contributed by atoms with Crippen molar-refractivity contribution in [2.24, 2.45) is 0 Å². The molecule has 1 fully saturated rings. The number of methoxy groups -OCH3 is 1. The number of benzene rings is 1. The number of anilines is 2. The van der Waals surface area contributed by atoms with Crippen molar-refractivity contribution >= 4 is 62.3 Å². The number of aromatic nitrogens is 3. The lowest BCUT2D eigenvalue weighted by atomic mass is 10.1. The summed E-state index contributed by atoms with van der Waals surface area (Å²) >= 11 is 14.7. The van der Waals surface area contributed by atoms with Crippen molar-refractivity contribution in [2.45, 2.75) is 45.1 Å². The Hall–Kier alpha value is -2.67. The Balaban J connectivity index is 1.69. The Kier molecular flexibility index (Phi) is 8.96. The molecule has 2 aromatic heterocycles. The number of sulfonamides is 1. The molecule has 4 rings (SSSR count). The van der Waals surface area contributed by atoms with E-state index >= 15 is 0 Å². The highest BCUT2D eigenvalue weighted by Crippen LogP contribution is 2.48. The maximum absolute atomic E-state index is 12.4. The normalized spacial score (nSPS) is 14.1. The number of hydrogen-bond acceptors (Lipinski definition) is 9. The summed E-state index contributed by atoms with van der Waals surface area (Å²) in [6.45, 7) is 3.99. The average molecular weight is 600 g/mol. The molecule has 0 spiro atoms. The van der Waals surface area contributed by atoms with Crippen LogP contribution in [0.5, 0.6) is 0 Å². The monoisotopic (exact) mass is 598 g/mol. The number of carbonyl (C=O) groups is 1. The second-order valence-corrected chi connectivity index (χ2v) is 12.6. The van der Waals surface area contributed by atoms with Gasteiger partial charge in [0.2, 0.25) is 16.0 Å². The molecule has 2 heterocycles. The summed E-state index contributed by atoms with van der Waals surface area (Å²) in [6.07, 6.45) is 3.68. The lowest BCUT2D eigenvalue weighted by Gasteiger charge is -2.14. The van der Waals surface area contributed by atoms with Gasteiger partial charge in [0.25, 0.3) is 0 Å². The predicted molar refractivity (Wildman–Crippen MR) is 152 cm³/mol. The highest BCUT2D eigenvalue weighted by molar-refractivity contribution is 7.92.